The second-order valence-electron chi connectivity index (χ2n) is 5.58. The average molecular weight is 289 g/mol. The van der Waals surface area contributed by atoms with Crippen molar-refractivity contribution in [2.75, 3.05) is 32.9 Å². The minimum Gasteiger partial charge on any atom is -0.396 e. The molecule has 0 amide bonds. The Morgan fingerprint density at radius 3 is 1.85 bits per heavy atom. The van der Waals surface area contributed by atoms with Crippen molar-refractivity contribution in [3.8, 4) is 0 Å². The van der Waals surface area contributed by atoms with E-state index >= 15 is 0 Å². The van der Waals surface area contributed by atoms with Crippen LogP contribution in [0, 0.1) is 0 Å². The summed E-state index contributed by atoms with van der Waals surface area (Å²) in [6, 6.07) is -0.0169. The molecule has 0 bridgehead atoms. The minimum atomic E-state index is -0.0169. The van der Waals surface area contributed by atoms with Crippen LogP contribution in [0.25, 0.3) is 0 Å². The highest BCUT2D eigenvalue weighted by molar-refractivity contribution is 4.70. The van der Waals surface area contributed by atoms with Crippen molar-refractivity contribution in [1.29, 1.82) is 0 Å². The maximum absolute atomic E-state index is 9.34. The molecule has 0 aromatic heterocycles. The first-order chi connectivity index (χ1) is 9.79. The van der Waals surface area contributed by atoms with Gasteiger partial charge < -0.3 is 15.3 Å². The Morgan fingerprint density at radius 2 is 1.35 bits per heavy atom. The van der Waals surface area contributed by atoms with Gasteiger partial charge in [0, 0.05) is 19.2 Å². The standard InChI is InChI=1S/C16H35NO3/c1-2-3-4-5-6-7-8-9-11-17(12-14-19)16(15-20)10-13-18/h16,18-20H,2-15H2,1H3. The summed E-state index contributed by atoms with van der Waals surface area (Å²) in [7, 11) is 0. The van der Waals surface area contributed by atoms with Crippen molar-refractivity contribution in [3.05, 3.63) is 0 Å². The van der Waals surface area contributed by atoms with E-state index < -0.39 is 0 Å². The van der Waals surface area contributed by atoms with Crippen molar-refractivity contribution in [3.63, 3.8) is 0 Å². The summed E-state index contributed by atoms with van der Waals surface area (Å²) in [6.07, 6.45) is 10.8. The lowest BCUT2D eigenvalue weighted by atomic mass is 10.1. The van der Waals surface area contributed by atoms with E-state index in [9.17, 15) is 5.11 Å². The molecule has 0 radical (unpaired) electrons. The van der Waals surface area contributed by atoms with Gasteiger partial charge in [0.1, 0.15) is 0 Å². The molecule has 0 aliphatic heterocycles. The van der Waals surface area contributed by atoms with Crippen LogP contribution in [-0.4, -0.2) is 59.2 Å². The number of nitrogens with zero attached hydrogens (tertiary/aromatic N) is 1. The molecule has 20 heavy (non-hydrogen) atoms. The molecule has 0 aromatic carbocycles. The van der Waals surface area contributed by atoms with Crippen LogP contribution < -0.4 is 0 Å². The van der Waals surface area contributed by atoms with Gasteiger partial charge in [-0.15, -0.1) is 0 Å². The van der Waals surface area contributed by atoms with Gasteiger partial charge in [-0.25, -0.2) is 0 Å². The predicted molar refractivity (Wildman–Crippen MR) is 83.8 cm³/mol. The molecule has 0 saturated carbocycles. The molecule has 0 heterocycles. The van der Waals surface area contributed by atoms with Gasteiger partial charge in [0.2, 0.25) is 0 Å². The molecule has 3 N–H and O–H groups in total. The van der Waals surface area contributed by atoms with Crippen LogP contribution in [0.4, 0.5) is 0 Å². The molecule has 4 heteroatoms. The number of unbranched alkanes of at least 4 members (excludes halogenated alkanes) is 7. The molecule has 0 aliphatic rings. The summed E-state index contributed by atoms with van der Waals surface area (Å²) >= 11 is 0. The number of hydrogen-bond acceptors (Lipinski definition) is 4. The second-order valence-corrected chi connectivity index (χ2v) is 5.58. The maximum Gasteiger partial charge on any atom is 0.0587 e. The second kappa shape index (κ2) is 15.2. The summed E-state index contributed by atoms with van der Waals surface area (Å²) in [5.41, 5.74) is 0. The normalized spacial score (nSPS) is 13.1. The molecule has 0 saturated heterocycles. The monoisotopic (exact) mass is 289 g/mol. The van der Waals surface area contributed by atoms with Gasteiger partial charge in [-0.3, -0.25) is 4.90 Å². The van der Waals surface area contributed by atoms with Crippen LogP contribution in [0.3, 0.4) is 0 Å². The van der Waals surface area contributed by atoms with Crippen LogP contribution in [0.1, 0.15) is 64.7 Å². The molecule has 0 aromatic rings. The van der Waals surface area contributed by atoms with Gasteiger partial charge in [-0.05, 0) is 19.4 Å². The Balaban J connectivity index is 3.69. The lowest BCUT2D eigenvalue weighted by Crippen LogP contribution is -2.41. The first kappa shape index (κ1) is 19.8. The minimum absolute atomic E-state index is 0.0169. The molecular formula is C16H35NO3. The Kier molecular flexibility index (Phi) is 15.1. The van der Waals surface area contributed by atoms with Crippen LogP contribution in [-0.2, 0) is 0 Å². The molecule has 0 rings (SSSR count). The highest BCUT2D eigenvalue weighted by Crippen LogP contribution is 2.10. The fourth-order valence-electron chi connectivity index (χ4n) is 2.59. The molecular weight excluding hydrogens is 254 g/mol. The van der Waals surface area contributed by atoms with Gasteiger partial charge in [0.05, 0.1) is 13.2 Å². The van der Waals surface area contributed by atoms with Crippen LogP contribution in [0.5, 0.6) is 0 Å². The lowest BCUT2D eigenvalue weighted by Gasteiger charge is -2.29. The summed E-state index contributed by atoms with van der Waals surface area (Å²) < 4.78 is 0. The highest BCUT2D eigenvalue weighted by atomic mass is 16.3. The zero-order valence-electron chi connectivity index (χ0n) is 13.3. The fraction of sp³-hybridized carbons (Fsp3) is 1.00. The molecule has 122 valence electrons. The van der Waals surface area contributed by atoms with Crippen molar-refractivity contribution in [2.45, 2.75) is 70.8 Å². The third kappa shape index (κ3) is 10.6. The molecule has 0 fully saturated rings. The van der Waals surface area contributed by atoms with Gasteiger partial charge in [0.25, 0.3) is 0 Å². The van der Waals surface area contributed by atoms with E-state index in [0.717, 1.165) is 13.0 Å². The zero-order valence-corrected chi connectivity index (χ0v) is 13.3. The number of rotatable bonds is 15. The zero-order chi connectivity index (χ0) is 15.1. The summed E-state index contributed by atoms with van der Waals surface area (Å²) in [4.78, 5) is 2.10. The summed E-state index contributed by atoms with van der Waals surface area (Å²) in [5.74, 6) is 0. The van der Waals surface area contributed by atoms with Crippen LogP contribution in [0.2, 0.25) is 0 Å². The van der Waals surface area contributed by atoms with Crippen molar-refractivity contribution < 1.29 is 15.3 Å². The molecule has 0 aliphatic carbocycles. The van der Waals surface area contributed by atoms with E-state index in [1.165, 1.54) is 44.9 Å². The van der Waals surface area contributed by atoms with Crippen molar-refractivity contribution >= 4 is 0 Å². The van der Waals surface area contributed by atoms with E-state index in [-0.39, 0.29) is 25.9 Å². The van der Waals surface area contributed by atoms with E-state index in [1.807, 2.05) is 0 Å². The van der Waals surface area contributed by atoms with E-state index in [2.05, 4.69) is 11.8 Å². The van der Waals surface area contributed by atoms with Gasteiger partial charge in [-0.2, -0.15) is 0 Å². The largest absolute Gasteiger partial charge is 0.396 e. The third-order valence-electron chi connectivity index (χ3n) is 3.88. The Morgan fingerprint density at radius 1 is 0.750 bits per heavy atom. The number of hydrogen-bond donors (Lipinski definition) is 3. The van der Waals surface area contributed by atoms with Crippen molar-refractivity contribution in [1.82, 2.24) is 4.90 Å². The Bertz CT molecular complexity index is 191. The lowest BCUT2D eigenvalue weighted by molar-refractivity contribution is 0.0816. The predicted octanol–water partition coefficient (Wildman–Crippen LogP) is 2.16. The maximum atomic E-state index is 9.34. The quantitative estimate of drug-likeness (QED) is 0.404. The molecule has 0 spiro atoms. The summed E-state index contributed by atoms with van der Waals surface area (Å²) in [6.45, 7) is 3.98. The van der Waals surface area contributed by atoms with E-state index in [4.69, 9.17) is 10.2 Å². The molecule has 4 nitrogen and oxygen atoms in total. The first-order valence-corrected chi connectivity index (χ1v) is 8.36. The Labute approximate surface area is 124 Å². The third-order valence-corrected chi connectivity index (χ3v) is 3.88. The first-order valence-electron chi connectivity index (χ1n) is 8.36. The average Bonchev–Trinajstić information content (AvgIpc) is 2.46. The summed E-state index contributed by atoms with van der Waals surface area (Å²) in [5, 5.41) is 27.4. The smallest absolute Gasteiger partial charge is 0.0587 e. The number of aliphatic hydroxyl groups excluding tert-OH is 3. The van der Waals surface area contributed by atoms with E-state index in [0.29, 0.717) is 13.0 Å². The SMILES string of the molecule is CCCCCCCCCCN(CCO)C(CO)CCO. The topological polar surface area (TPSA) is 63.9 Å². The van der Waals surface area contributed by atoms with Gasteiger partial charge >= 0.3 is 0 Å². The molecule has 1 atom stereocenters. The number of aliphatic hydroxyl groups is 3. The van der Waals surface area contributed by atoms with Gasteiger partial charge in [-0.1, -0.05) is 51.9 Å². The van der Waals surface area contributed by atoms with E-state index in [1.54, 1.807) is 0 Å². The fourth-order valence-corrected chi connectivity index (χ4v) is 2.59. The highest BCUT2D eigenvalue weighted by Gasteiger charge is 2.16. The van der Waals surface area contributed by atoms with Crippen LogP contribution in [0.15, 0.2) is 0 Å². The Hall–Kier alpha value is -0.160. The molecule has 1 unspecified atom stereocenters. The van der Waals surface area contributed by atoms with Crippen molar-refractivity contribution in [2.24, 2.45) is 0 Å². The van der Waals surface area contributed by atoms with Gasteiger partial charge in [0.15, 0.2) is 0 Å². The van der Waals surface area contributed by atoms with Crippen LogP contribution >= 0.6 is 0 Å².